The van der Waals surface area contributed by atoms with Gasteiger partial charge in [-0.05, 0) is 51.4 Å². The lowest BCUT2D eigenvalue weighted by Gasteiger charge is -2.20. The van der Waals surface area contributed by atoms with E-state index in [0.29, 0.717) is 38.5 Å². The lowest BCUT2D eigenvalue weighted by Crippen LogP contribution is -2.29. The fraction of sp³-hybridized carbons (Fsp3) is 0.818. The standard InChI is InChI=1S/C44H81O12P/c1-3-5-7-9-11-12-13-14-15-16-17-18-21-25-29-33-43(49)53-37-40(38-55-57(51,52)54-36-39(46)35-45)56-44(50)34-30-26-22-19-20-24-28-32-42(48)41(47)31-27-23-10-8-6-4-2/h19,22-24,27-28,39-42,45-48H,3-18,20-21,25-26,29-38H2,1-2H3,(H,51,52)/b22-19-,27-23+,28-24-. The van der Waals surface area contributed by atoms with E-state index in [1.165, 1.54) is 83.5 Å². The Morgan fingerprint density at radius 1 is 0.561 bits per heavy atom. The molecular weight excluding hydrogens is 751 g/mol. The van der Waals surface area contributed by atoms with E-state index in [-0.39, 0.29) is 19.4 Å². The van der Waals surface area contributed by atoms with Gasteiger partial charge in [0, 0.05) is 12.8 Å². The van der Waals surface area contributed by atoms with Crippen molar-refractivity contribution in [3.05, 3.63) is 36.5 Å². The zero-order valence-electron chi connectivity index (χ0n) is 35.5. The summed E-state index contributed by atoms with van der Waals surface area (Å²) in [5.74, 6) is -1.06. The third kappa shape index (κ3) is 38.1. The minimum atomic E-state index is -4.66. The third-order valence-corrected chi connectivity index (χ3v) is 10.4. The molecule has 0 aromatic carbocycles. The summed E-state index contributed by atoms with van der Waals surface area (Å²) in [6, 6.07) is 0. The first-order valence-electron chi connectivity index (χ1n) is 22.1. The first-order chi connectivity index (χ1) is 27.5. The van der Waals surface area contributed by atoms with E-state index < -0.39 is 64.0 Å². The molecular formula is C44H81O12P. The molecule has 0 amide bonds. The summed E-state index contributed by atoms with van der Waals surface area (Å²) in [5, 5.41) is 38.6. The molecule has 0 fully saturated rings. The number of phosphoric ester groups is 1. The number of hydrogen-bond donors (Lipinski definition) is 5. The molecule has 334 valence electrons. The van der Waals surface area contributed by atoms with Crippen molar-refractivity contribution in [2.24, 2.45) is 0 Å². The molecule has 0 rings (SSSR count). The van der Waals surface area contributed by atoms with Crippen molar-refractivity contribution in [1.29, 1.82) is 0 Å². The van der Waals surface area contributed by atoms with Crippen molar-refractivity contribution in [3.8, 4) is 0 Å². The monoisotopic (exact) mass is 833 g/mol. The van der Waals surface area contributed by atoms with Gasteiger partial charge >= 0.3 is 19.8 Å². The normalized spacial score (nSPS) is 15.3. The number of allylic oxidation sites excluding steroid dienone is 4. The number of hydrogen-bond acceptors (Lipinski definition) is 11. The number of esters is 2. The molecule has 0 saturated heterocycles. The van der Waals surface area contributed by atoms with Crippen LogP contribution >= 0.6 is 7.82 Å². The molecule has 0 aromatic heterocycles. The van der Waals surface area contributed by atoms with E-state index in [1.54, 1.807) is 0 Å². The maximum Gasteiger partial charge on any atom is 0.472 e. The molecule has 57 heavy (non-hydrogen) atoms. The highest BCUT2D eigenvalue weighted by atomic mass is 31.2. The summed E-state index contributed by atoms with van der Waals surface area (Å²) in [6.07, 6.45) is 32.9. The van der Waals surface area contributed by atoms with Gasteiger partial charge in [0.15, 0.2) is 6.10 Å². The summed E-state index contributed by atoms with van der Waals surface area (Å²) in [7, 11) is -4.66. The topological polar surface area (TPSA) is 189 Å². The quantitative estimate of drug-likeness (QED) is 0.0170. The Balaban J connectivity index is 4.47. The summed E-state index contributed by atoms with van der Waals surface area (Å²) < 4.78 is 32.6. The second-order valence-corrected chi connectivity index (χ2v) is 16.5. The minimum absolute atomic E-state index is 0.0524. The van der Waals surface area contributed by atoms with Crippen molar-refractivity contribution < 1.29 is 58.0 Å². The molecule has 0 aliphatic carbocycles. The van der Waals surface area contributed by atoms with Crippen LogP contribution < -0.4 is 0 Å². The Kier molecular flexibility index (Phi) is 38.3. The van der Waals surface area contributed by atoms with Crippen molar-refractivity contribution in [2.45, 2.75) is 205 Å². The molecule has 0 saturated carbocycles. The fourth-order valence-corrected chi connectivity index (χ4v) is 6.67. The van der Waals surface area contributed by atoms with Gasteiger partial charge in [-0.25, -0.2) is 4.57 Å². The second kappa shape index (κ2) is 39.6. The van der Waals surface area contributed by atoms with E-state index in [2.05, 4.69) is 24.4 Å². The van der Waals surface area contributed by atoms with E-state index in [9.17, 15) is 34.4 Å². The van der Waals surface area contributed by atoms with Crippen LogP contribution in [0.2, 0.25) is 0 Å². The average molecular weight is 833 g/mol. The number of ether oxygens (including phenoxy) is 2. The van der Waals surface area contributed by atoms with Crippen LogP contribution in [-0.2, 0) is 32.7 Å². The molecule has 5 unspecified atom stereocenters. The van der Waals surface area contributed by atoms with Crippen LogP contribution in [0.15, 0.2) is 36.5 Å². The van der Waals surface area contributed by atoms with Gasteiger partial charge in [-0.2, -0.15) is 0 Å². The first kappa shape index (κ1) is 55.1. The molecule has 0 bridgehead atoms. The van der Waals surface area contributed by atoms with Gasteiger partial charge < -0.3 is 34.8 Å². The van der Waals surface area contributed by atoms with Gasteiger partial charge in [-0.15, -0.1) is 0 Å². The predicted octanol–water partition coefficient (Wildman–Crippen LogP) is 9.50. The number of carbonyl (C=O) groups excluding carboxylic acids is 2. The van der Waals surface area contributed by atoms with Crippen LogP contribution in [0, 0.1) is 0 Å². The Morgan fingerprint density at radius 3 is 1.60 bits per heavy atom. The summed E-state index contributed by atoms with van der Waals surface area (Å²) in [6.45, 7) is 2.13. The van der Waals surface area contributed by atoms with Gasteiger partial charge in [-0.3, -0.25) is 18.6 Å². The zero-order chi connectivity index (χ0) is 42.2. The molecule has 0 aliphatic rings. The number of phosphoric acid groups is 1. The Hall–Kier alpha value is -1.89. The van der Waals surface area contributed by atoms with Crippen LogP contribution in [0.4, 0.5) is 0 Å². The van der Waals surface area contributed by atoms with Gasteiger partial charge in [-0.1, -0.05) is 153 Å². The largest absolute Gasteiger partial charge is 0.472 e. The molecule has 13 heteroatoms. The van der Waals surface area contributed by atoms with E-state index in [4.69, 9.17) is 19.1 Å². The van der Waals surface area contributed by atoms with Gasteiger partial charge in [0.2, 0.25) is 0 Å². The molecule has 0 spiro atoms. The lowest BCUT2D eigenvalue weighted by atomic mass is 10.0. The van der Waals surface area contributed by atoms with E-state index in [1.807, 2.05) is 30.4 Å². The maximum atomic E-state index is 12.6. The van der Waals surface area contributed by atoms with Crippen LogP contribution in [0.5, 0.6) is 0 Å². The Bertz CT molecular complexity index is 1080. The highest BCUT2D eigenvalue weighted by Gasteiger charge is 2.27. The Labute approximate surface area is 345 Å². The minimum Gasteiger partial charge on any atom is -0.462 e. The summed E-state index contributed by atoms with van der Waals surface area (Å²) in [5.41, 5.74) is 0. The van der Waals surface area contributed by atoms with E-state index in [0.717, 1.165) is 32.1 Å². The molecule has 12 nitrogen and oxygen atoms in total. The van der Waals surface area contributed by atoms with Crippen molar-refractivity contribution >= 4 is 19.8 Å². The number of aliphatic hydroxyl groups is 4. The lowest BCUT2D eigenvalue weighted by molar-refractivity contribution is -0.161. The number of aliphatic hydroxyl groups excluding tert-OH is 4. The smallest absolute Gasteiger partial charge is 0.462 e. The summed E-state index contributed by atoms with van der Waals surface area (Å²) in [4.78, 5) is 35.0. The first-order valence-corrected chi connectivity index (χ1v) is 23.6. The van der Waals surface area contributed by atoms with Gasteiger partial charge in [0.05, 0.1) is 32.0 Å². The molecule has 0 aliphatic heterocycles. The van der Waals surface area contributed by atoms with Crippen molar-refractivity contribution in [1.82, 2.24) is 0 Å². The highest BCUT2D eigenvalue weighted by Crippen LogP contribution is 2.43. The molecule has 5 atom stereocenters. The number of unbranched alkanes of at least 4 members (excludes halogenated alkanes) is 18. The molecule has 0 heterocycles. The number of carbonyl (C=O) groups is 2. The van der Waals surface area contributed by atoms with Gasteiger partial charge in [0.25, 0.3) is 0 Å². The second-order valence-electron chi connectivity index (χ2n) is 15.0. The van der Waals surface area contributed by atoms with E-state index >= 15 is 0 Å². The molecule has 5 N–H and O–H groups in total. The fourth-order valence-electron chi connectivity index (χ4n) is 5.88. The predicted molar refractivity (Wildman–Crippen MR) is 226 cm³/mol. The SMILES string of the molecule is CCCCC/C=C/CC(O)C(O)C/C=C\C/C=C\CCCC(=O)OC(COC(=O)CCCCCCCCCCCCCCCCC)COP(=O)(O)OCC(O)CO. The zero-order valence-corrected chi connectivity index (χ0v) is 36.4. The van der Waals surface area contributed by atoms with Crippen LogP contribution in [-0.4, -0.2) is 88.1 Å². The third-order valence-electron chi connectivity index (χ3n) is 9.47. The van der Waals surface area contributed by atoms with Crippen LogP contribution in [0.25, 0.3) is 0 Å². The van der Waals surface area contributed by atoms with Crippen LogP contribution in [0.3, 0.4) is 0 Å². The molecule has 0 radical (unpaired) electrons. The average Bonchev–Trinajstić information content (AvgIpc) is 3.19. The van der Waals surface area contributed by atoms with Crippen LogP contribution in [0.1, 0.15) is 181 Å². The van der Waals surface area contributed by atoms with Crippen molar-refractivity contribution in [3.63, 3.8) is 0 Å². The van der Waals surface area contributed by atoms with Gasteiger partial charge in [0.1, 0.15) is 12.7 Å². The van der Waals surface area contributed by atoms with Crippen molar-refractivity contribution in [2.75, 3.05) is 26.4 Å². The highest BCUT2D eigenvalue weighted by molar-refractivity contribution is 7.47. The number of rotatable bonds is 41. The summed E-state index contributed by atoms with van der Waals surface area (Å²) >= 11 is 0. The maximum absolute atomic E-state index is 12.6. The molecule has 0 aromatic rings. The Morgan fingerprint density at radius 2 is 1.02 bits per heavy atom.